The molecule has 0 saturated heterocycles. The Morgan fingerprint density at radius 3 is 1.94 bits per heavy atom. The number of esters is 1. The largest absolute Gasteiger partial charge is 0.491 e. The molecule has 4 rings (SSSR count). The van der Waals surface area contributed by atoms with Crippen molar-refractivity contribution in [1.82, 2.24) is 9.13 Å². The van der Waals surface area contributed by atoms with Crippen LogP contribution in [0.3, 0.4) is 0 Å². The van der Waals surface area contributed by atoms with Crippen molar-refractivity contribution in [2.24, 2.45) is 0 Å². The third kappa shape index (κ3) is 4.37. The summed E-state index contributed by atoms with van der Waals surface area (Å²) in [5.41, 5.74) is 1.56. The highest BCUT2D eigenvalue weighted by Crippen LogP contribution is 2.28. The third-order valence-electron chi connectivity index (χ3n) is 4.80. The minimum atomic E-state index is -5.17. The molecule has 0 fully saturated rings. The van der Waals surface area contributed by atoms with Crippen molar-refractivity contribution in [1.29, 1.82) is 0 Å². The Labute approximate surface area is 174 Å². The zero-order chi connectivity index (χ0) is 22.0. The number of hydrogen-bond donors (Lipinski definition) is 0. The van der Waals surface area contributed by atoms with E-state index >= 15 is 0 Å². The van der Waals surface area contributed by atoms with Gasteiger partial charge in [-0.25, -0.2) is 4.79 Å². The molecule has 158 valence electrons. The van der Waals surface area contributed by atoms with Crippen LogP contribution in [0.25, 0.3) is 10.9 Å². The zero-order valence-corrected chi connectivity index (χ0v) is 16.2. The first-order valence-corrected chi connectivity index (χ1v) is 9.42. The molecule has 0 spiro atoms. The summed E-state index contributed by atoms with van der Waals surface area (Å²) in [6.45, 7) is 0.523. The molecule has 0 aliphatic rings. The predicted molar refractivity (Wildman–Crippen MR) is 109 cm³/mol. The van der Waals surface area contributed by atoms with Crippen molar-refractivity contribution in [2.45, 2.75) is 19.3 Å². The first-order chi connectivity index (χ1) is 14.8. The van der Waals surface area contributed by atoms with Crippen LogP contribution in [0.15, 0.2) is 83.9 Å². The molecule has 4 aromatic rings. The van der Waals surface area contributed by atoms with Crippen LogP contribution < -0.4 is 10.3 Å². The van der Waals surface area contributed by atoms with Gasteiger partial charge >= 0.3 is 12.1 Å². The van der Waals surface area contributed by atoms with E-state index in [0.717, 1.165) is 11.1 Å². The summed E-state index contributed by atoms with van der Waals surface area (Å²) in [5, 5.41) is -0.0769. The predicted octanol–water partition coefficient (Wildman–Crippen LogP) is 4.37. The van der Waals surface area contributed by atoms with Crippen LogP contribution in [0, 0.1) is 0 Å². The summed E-state index contributed by atoms with van der Waals surface area (Å²) < 4.78 is 45.9. The Kier molecular flexibility index (Phi) is 5.37. The molecule has 0 unspecified atom stereocenters. The summed E-state index contributed by atoms with van der Waals surface area (Å²) in [6.07, 6.45) is -2.34. The monoisotopic (exact) mass is 426 g/mol. The fraction of sp³-hybridized carbons (Fsp3) is 0.130. The van der Waals surface area contributed by atoms with E-state index in [1.165, 1.54) is 10.8 Å². The Morgan fingerprint density at radius 1 is 0.839 bits per heavy atom. The van der Waals surface area contributed by atoms with Crippen molar-refractivity contribution in [3.8, 4) is 5.75 Å². The second kappa shape index (κ2) is 8.14. The lowest BCUT2D eigenvalue weighted by molar-refractivity contribution is -0.189. The minimum Gasteiger partial charge on any atom is -0.417 e. The fourth-order valence-corrected chi connectivity index (χ4v) is 3.36. The Balaban J connectivity index is 1.81. The van der Waals surface area contributed by atoms with Gasteiger partial charge in [0, 0.05) is 18.9 Å². The standard InChI is InChI=1S/C23H17F3N2O3/c24-23(25,26)22(30)31-19-15-28(14-17-9-5-2-6-10-17)18-11-12-27(21(29)20(18)19)13-16-7-3-1-4-8-16/h1-12,15H,13-14H2. The van der Waals surface area contributed by atoms with Crippen molar-refractivity contribution >= 4 is 16.9 Å². The van der Waals surface area contributed by atoms with Crippen LogP contribution in [-0.4, -0.2) is 21.3 Å². The average molecular weight is 426 g/mol. The normalized spacial score (nSPS) is 11.6. The molecule has 0 N–H and O–H groups in total. The highest BCUT2D eigenvalue weighted by Gasteiger charge is 2.42. The maximum atomic E-state index is 13.1. The molecule has 2 aromatic heterocycles. The van der Waals surface area contributed by atoms with Crippen molar-refractivity contribution in [3.63, 3.8) is 0 Å². The number of carbonyl (C=O) groups excluding carboxylic acids is 1. The number of halogens is 3. The molecule has 0 bridgehead atoms. The summed E-state index contributed by atoms with van der Waals surface area (Å²) in [4.78, 5) is 24.6. The molecule has 2 heterocycles. The molecule has 0 aliphatic carbocycles. The van der Waals surface area contributed by atoms with E-state index in [-0.39, 0.29) is 11.9 Å². The van der Waals surface area contributed by atoms with Crippen molar-refractivity contribution < 1.29 is 22.7 Å². The average Bonchev–Trinajstić information content (AvgIpc) is 3.08. The SMILES string of the molecule is O=C(Oc1cn(Cc2ccccc2)c2ccn(Cc3ccccc3)c(=O)c12)C(F)(F)F. The van der Waals surface area contributed by atoms with Gasteiger partial charge in [0.2, 0.25) is 0 Å². The molecule has 0 radical (unpaired) electrons. The van der Waals surface area contributed by atoms with Gasteiger partial charge in [-0.2, -0.15) is 13.2 Å². The summed E-state index contributed by atoms with van der Waals surface area (Å²) in [5.74, 6) is -2.79. The Morgan fingerprint density at radius 2 is 1.39 bits per heavy atom. The molecule has 8 heteroatoms. The van der Waals surface area contributed by atoms with Crippen LogP contribution in [0.1, 0.15) is 11.1 Å². The van der Waals surface area contributed by atoms with E-state index in [1.807, 2.05) is 60.7 Å². The lowest BCUT2D eigenvalue weighted by Crippen LogP contribution is -2.28. The fourth-order valence-electron chi connectivity index (χ4n) is 3.36. The lowest BCUT2D eigenvalue weighted by Gasteiger charge is -2.09. The topological polar surface area (TPSA) is 53.2 Å². The van der Waals surface area contributed by atoms with Gasteiger partial charge in [0.25, 0.3) is 5.56 Å². The van der Waals surface area contributed by atoms with Gasteiger partial charge in [-0.15, -0.1) is 0 Å². The van der Waals surface area contributed by atoms with Gasteiger partial charge in [-0.05, 0) is 17.2 Å². The molecular formula is C23H17F3N2O3. The van der Waals surface area contributed by atoms with Crippen LogP contribution in [0.5, 0.6) is 5.75 Å². The smallest absolute Gasteiger partial charge is 0.417 e. The number of rotatable bonds is 5. The first kappa shape index (κ1) is 20.5. The quantitative estimate of drug-likeness (QED) is 0.446. The maximum Gasteiger partial charge on any atom is 0.491 e. The van der Waals surface area contributed by atoms with Crippen LogP contribution in [-0.2, 0) is 17.9 Å². The van der Waals surface area contributed by atoms with Crippen molar-refractivity contribution in [3.05, 3.63) is 101 Å². The van der Waals surface area contributed by atoms with Gasteiger partial charge in [-0.3, -0.25) is 4.79 Å². The number of fused-ring (bicyclic) bond motifs is 1. The third-order valence-corrected chi connectivity index (χ3v) is 4.80. The van der Waals surface area contributed by atoms with E-state index in [2.05, 4.69) is 4.74 Å². The number of alkyl halides is 3. The van der Waals surface area contributed by atoms with E-state index in [4.69, 9.17) is 0 Å². The second-order valence-corrected chi connectivity index (χ2v) is 6.99. The van der Waals surface area contributed by atoms with E-state index < -0.39 is 23.5 Å². The molecule has 2 aromatic carbocycles. The first-order valence-electron chi connectivity index (χ1n) is 9.42. The second-order valence-electron chi connectivity index (χ2n) is 6.99. The van der Waals surface area contributed by atoms with E-state index in [9.17, 15) is 22.8 Å². The molecule has 0 aliphatic heterocycles. The molecule has 31 heavy (non-hydrogen) atoms. The molecule has 0 atom stereocenters. The maximum absolute atomic E-state index is 13.1. The number of hydrogen-bond acceptors (Lipinski definition) is 3. The van der Waals surface area contributed by atoms with Gasteiger partial charge in [0.15, 0.2) is 5.75 Å². The Hall–Kier alpha value is -3.81. The number of carbonyl (C=O) groups is 1. The minimum absolute atomic E-state index is 0.0769. The van der Waals surface area contributed by atoms with E-state index in [0.29, 0.717) is 12.1 Å². The highest BCUT2D eigenvalue weighted by molar-refractivity contribution is 5.89. The molecule has 0 saturated carbocycles. The van der Waals surface area contributed by atoms with Gasteiger partial charge in [-0.1, -0.05) is 60.7 Å². The number of ether oxygens (including phenoxy) is 1. The van der Waals surface area contributed by atoms with Crippen LogP contribution >= 0.6 is 0 Å². The van der Waals surface area contributed by atoms with Gasteiger partial charge < -0.3 is 13.9 Å². The van der Waals surface area contributed by atoms with Crippen LogP contribution in [0.2, 0.25) is 0 Å². The highest BCUT2D eigenvalue weighted by atomic mass is 19.4. The van der Waals surface area contributed by atoms with Crippen molar-refractivity contribution in [2.75, 3.05) is 0 Å². The van der Waals surface area contributed by atoms with E-state index in [1.54, 1.807) is 16.8 Å². The van der Waals surface area contributed by atoms with Gasteiger partial charge in [0.1, 0.15) is 5.39 Å². The lowest BCUT2D eigenvalue weighted by atomic mass is 10.2. The van der Waals surface area contributed by atoms with Crippen LogP contribution in [0.4, 0.5) is 13.2 Å². The number of benzene rings is 2. The summed E-state index contributed by atoms with van der Waals surface area (Å²) >= 11 is 0. The summed E-state index contributed by atoms with van der Waals surface area (Å²) in [6, 6.07) is 20.0. The number of aromatic nitrogens is 2. The zero-order valence-electron chi connectivity index (χ0n) is 16.2. The van der Waals surface area contributed by atoms with Gasteiger partial charge in [0.05, 0.1) is 12.1 Å². The number of pyridine rings is 1. The summed E-state index contributed by atoms with van der Waals surface area (Å²) in [7, 11) is 0. The molecule has 0 amide bonds. The molecule has 5 nitrogen and oxygen atoms in total. The number of nitrogens with zero attached hydrogens (tertiary/aromatic N) is 2. The molecular weight excluding hydrogens is 409 g/mol. The Bertz CT molecular complexity index is 1280.